The zero-order chi connectivity index (χ0) is 11.2. The molecule has 0 N–H and O–H groups in total. The van der Waals surface area contributed by atoms with Crippen molar-refractivity contribution in [3.8, 4) is 0 Å². The molecule has 0 saturated heterocycles. The van der Waals surface area contributed by atoms with E-state index in [1.165, 1.54) is 6.42 Å². The first-order chi connectivity index (χ1) is 6.39. The van der Waals surface area contributed by atoms with Crippen molar-refractivity contribution in [1.29, 1.82) is 0 Å². The summed E-state index contributed by atoms with van der Waals surface area (Å²) in [4.78, 5) is 4.45. The Labute approximate surface area is 90.0 Å². The van der Waals surface area contributed by atoms with Gasteiger partial charge in [-0.15, -0.1) is 0 Å². The van der Waals surface area contributed by atoms with Gasteiger partial charge in [-0.05, 0) is 30.1 Å². The number of aliphatic imine (C=N–C) groups is 1. The maximum atomic E-state index is 4.45. The van der Waals surface area contributed by atoms with Crippen LogP contribution in [0.5, 0.6) is 0 Å². The topological polar surface area (TPSA) is 12.4 Å². The molecule has 1 nitrogen and oxygen atoms in total. The average Bonchev–Trinajstić information content (AvgIpc) is 2.03. The molecule has 0 aromatic carbocycles. The molecule has 0 radical (unpaired) electrons. The van der Waals surface area contributed by atoms with Crippen molar-refractivity contribution in [2.75, 3.05) is 6.54 Å². The minimum atomic E-state index is 0.263. The van der Waals surface area contributed by atoms with Gasteiger partial charge in [-0.2, -0.15) is 0 Å². The molecule has 0 aromatic heterocycles. The summed E-state index contributed by atoms with van der Waals surface area (Å²) >= 11 is 0. The van der Waals surface area contributed by atoms with Crippen LogP contribution in [0.2, 0.25) is 0 Å². The Morgan fingerprint density at radius 2 is 1.79 bits per heavy atom. The van der Waals surface area contributed by atoms with Gasteiger partial charge in [-0.25, -0.2) is 0 Å². The van der Waals surface area contributed by atoms with Crippen LogP contribution >= 0.6 is 0 Å². The summed E-state index contributed by atoms with van der Waals surface area (Å²) in [5, 5.41) is 0. The van der Waals surface area contributed by atoms with E-state index in [0.717, 1.165) is 24.8 Å². The highest BCUT2D eigenvalue weighted by Crippen LogP contribution is 2.27. The number of hydrogen-bond donors (Lipinski definition) is 0. The standard InChI is InChI=1S/C13H27N/c1-7-8-14-10-13(5,6)9-12(4)11(2)3/h10-12H,7-9H2,1-6H3/t12-/m0/s1. The van der Waals surface area contributed by atoms with E-state index in [-0.39, 0.29) is 5.41 Å². The molecule has 1 atom stereocenters. The highest BCUT2D eigenvalue weighted by Gasteiger charge is 2.20. The lowest BCUT2D eigenvalue weighted by Gasteiger charge is -2.26. The molecule has 0 unspecified atom stereocenters. The molecule has 0 rings (SSSR count). The lowest BCUT2D eigenvalue weighted by atomic mass is 9.80. The van der Waals surface area contributed by atoms with E-state index in [1.807, 2.05) is 0 Å². The van der Waals surface area contributed by atoms with E-state index >= 15 is 0 Å². The fraction of sp³-hybridized carbons (Fsp3) is 0.923. The van der Waals surface area contributed by atoms with Crippen LogP contribution in [-0.2, 0) is 0 Å². The van der Waals surface area contributed by atoms with Gasteiger partial charge >= 0.3 is 0 Å². The first kappa shape index (κ1) is 13.7. The lowest BCUT2D eigenvalue weighted by Crippen LogP contribution is -2.20. The first-order valence-corrected chi connectivity index (χ1v) is 5.90. The predicted octanol–water partition coefficient (Wildman–Crippen LogP) is 4.18. The van der Waals surface area contributed by atoms with E-state index in [9.17, 15) is 0 Å². The van der Waals surface area contributed by atoms with Gasteiger partial charge in [0, 0.05) is 12.8 Å². The van der Waals surface area contributed by atoms with Crippen LogP contribution in [0.1, 0.15) is 54.4 Å². The molecule has 14 heavy (non-hydrogen) atoms. The molecule has 0 spiro atoms. The highest BCUT2D eigenvalue weighted by molar-refractivity contribution is 5.64. The third kappa shape index (κ3) is 6.17. The second-order valence-electron chi connectivity index (χ2n) is 5.45. The highest BCUT2D eigenvalue weighted by atomic mass is 14.7. The second kappa shape index (κ2) is 6.21. The zero-order valence-corrected chi connectivity index (χ0v) is 10.8. The molecule has 0 aliphatic carbocycles. The van der Waals surface area contributed by atoms with Crippen molar-refractivity contribution in [2.45, 2.75) is 54.4 Å². The van der Waals surface area contributed by atoms with E-state index < -0.39 is 0 Å². The third-order valence-electron chi connectivity index (χ3n) is 2.78. The number of hydrogen-bond acceptors (Lipinski definition) is 1. The van der Waals surface area contributed by atoms with E-state index in [2.05, 4.69) is 52.7 Å². The zero-order valence-electron chi connectivity index (χ0n) is 10.8. The average molecular weight is 197 g/mol. The fourth-order valence-corrected chi connectivity index (χ4v) is 1.56. The maximum Gasteiger partial charge on any atom is 0.0383 e. The number of nitrogens with zero attached hydrogens (tertiary/aromatic N) is 1. The second-order valence-corrected chi connectivity index (χ2v) is 5.45. The van der Waals surface area contributed by atoms with Crippen LogP contribution in [0.4, 0.5) is 0 Å². The molecule has 0 amide bonds. The third-order valence-corrected chi connectivity index (χ3v) is 2.78. The summed E-state index contributed by atoms with van der Waals surface area (Å²) in [6.45, 7) is 14.6. The fourth-order valence-electron chi connectivity index (χ4n) is 1.56. The Morgan fingerprint density at radius 3 is 2.21 bits per heavy atom. The predicted molar refractivity (Wildman–Crippen MR) is 66.1 cm³/mol. The Kier molecular flexibility index (Phi) is 6.06. The molecule has 0 saturated carbocycles. The summed E-state index contributed by atoms with van der Waals surface area (Å²) in [6, 6.07) is 0. The van der Waals surface area contributed by atoms with Gasteiger partial charge in [0.15, 0.2) is 0 Å². The van der Waals surface area contributed by atoms with Crippen molar-refractivity contribution < 1.29 is 0 Å². The van der Waals surface area contributed by atoms with E-state index in [1.54, 1.807) is 0 Å². The van der Waals surface area contributed by atoms with E-state index in [4.69, 9.17) is 0 Å². The van der Waals surface area contributed by atoms with Gasteiger partial charge in [0.25, 0.3) is 0 Å². The molecule has 84 valence electrons. The van der Waals surface area contributed by atoms with Gasteiger partial charge in [0.05, 0.1) is 0 Å². The Bertz CT molecular complexity index is 168. The Hall–Kier alpha value is -0.330. The first-order valence-electron chi connectivity index (χ1n) is 5.90. The lowest BCUT2D eigenvalue weighted by molar-refractivity contribution is 0.309. The van der Waals surface area contributed by atoms with Crippen molar-refractivity contribution in [3.05, 3.63) is 0 Å². The van der Waals surface area contributed by atoms with Crippen LogP contribution in [-0.4, -0.2) is 12.8 Å². The monoisotopic (exact) mass is 197 g/mol. The molecule has 0 fully saturated rings. The van der Waals surface area contributed by atoms with Crippen molar-refractivity contribution in [2.24, 2.45) is 22.2 Å². The summed E-state index contributed by atoms with van der Waals surface area (Å²) in [7, 11) is 0. The number of rotatable bonds is 6. The van der Waals surface area contributed by atoms with Gasteiger partial charge in [-0.3, -0.25) is 4.99 Å². The van der Waals surface area contributed by atoms with E-state index in [0.29, 0.717) is 0 Å². The van der Waals surface area contributed by atoms with Gasteiger partial charge in [-0.1, -0.05) is 41.5 Å². The SMILES string of the molecule is CCCN=CC(C)(C)C[C@H](C)C(C)C. The molecule has 0 bridgehead atoms. The Balaban J connectivity index is 4.05. The van der Waals surface area contributed by atoms with Crippen molar-refractivity contribution in [3.63, 3.8) is 0 Å². The van der Waals surface area contributed by atoms with Crippen molar-refractivity contribution in [1.82, 2.24) is 0 Å². The minimum absolute atomic E-state index is 0.263. The van der Waals surface area contributed by atoms with Crippen LogP contribution in [0.25, 0.3) is 0 Å². The van der Waals surface area contributed by atoms with Gasteiger partial charge in [0.1, 0.15) is 0 Å². The molecular weight excluding hydrogens is 170 g/mol. The quantitative estimate of drug-likeness (QED) is 0.567. The van der Waals surface area contributed by atoms with Crippen LogP contribution in [0.3, 0.4) is 0 Å². The smallest absolute Gasteiger partial charge is 0.0383 e. The molecule has 0 aliphatic rings. The minimum Gasteiger partial charge on any atom is -0.297 e. The largest absolute Gasteiger partial charge is 0.297 e. The van der Waals surface area contributed by atoms with Gasteiger partial charge < -0.3 is 0 Å². The maximum absolute atomic E-state index is 4.45. The molecule has 0 heterocycles. The van der Waals surface area contributed by atoms with Crippen molar-refractivity contribution >= 4 is 6.21 Å². The van der Waals surface area contributed by atoms with Gasteiger partial charge in [0.2, 0.25) is 0 Å². The van der Waals surface area contributed by atoms with Crippen LogP contribution in [0.15, 0.2) is 4.99 Å². The molecule has 1 heteroatoms. The Morgan fingerprint density at radius 1 is 1.21 bits per heavy atom. The summed E-state index contributed by atoms with van der Waals surface area (Å²) in [5.74, 6) is 1.55. The van der Waals surface area contributed by atoms with Crippen LogP contribution < -0.4 is 0 Å². The molecular formula is C13H27N. The summed E-state index contributed by atoms with van der Waals surface area (Å²) in [5.41, 5.74) is 0.263. The molecule has 0 aliphatic heterocycles. The summed E-state index contributed by atoms with van der Waals surface area (Å²) in [6.07, 6.45) is 4.53. The normalized spacial score (nSPS) is 15.4. The summed E-state index contributed by atoms with van der Waals surface area (Å²) < 4.78 is 0. The molecule has 0 aromatic rings. The van der Waals surface area contributed by atoms with Crippen LogP contribution in [0, 0.1) is 17.3 Å².